The van der Waals surface area contributed by atoms with Gasteiger partial charge in [-0.3, -0.25) is 9.59 Å². The van der Waals surface area contributed by atoms with Crippen molar-refractivity contribution in [2.24, 2.45) is 0 Å². The van der Waals surface area contributed by atoms with Crippen LogP contribution in [0, 0.1) is 0 Å². The molecule has 0 bridgehead atoms. The second-order valence-electron chi connectivity index (χ2n) is 4.82. The van der Waals surface area contributed by atoms with Gasteiger partial charge in [0, 0.05) is 17.7 Å². The monoisotopic (exact) mass is 276 g/mol. The first-order chi connectivity index (χ1) is 9.47. The molecule has 1 aromatic rings. The van der Waals surface area contributed by atoms with Gasteiger partial charge in [-0.15, -0.1) is 0 Å². The van der Waals surface area contributed by atoms with Gasteiger partial charge in [-0.25, -0.2) is 4.79 Å². The molecule has 6 nitrogen and oxygen atoms in total. The Morgan fingerprint density at radius 3 is 2.55 bits per heavy atom. The van der Waals surface area contributed by atoms with Crippen molar-refractivity contribution >= 4 is 23.5 Å². The molecular weight excluding hydrogens is 260 g/mol. The zero-order valence-corrected chi connectivity index (χ0v) is 11.1. The van der Waals surface area contributed by atoms with Crippen molar-refractivity contribution in [1.82, 2.24) is 5.32 Å². The summed E-state index contributed by atoms with van der Waals surface area (Å²) in [5, 5.41) is 14.2. The average Bonchev–Trinajstić information content (AvgIpc) is 3.20. The third-order valence-electron chi connectivity index (χ3n) is 3.24. The summed E-state index contributed by atoms with van der Waals surface area (Å²) in [5.41, 5.74) is -0.268. The number of carboxylic acid groups (broad SMARTS) is 1. The maximum Gasteiger partial charge on any atom is 0.329 e. The minimum atomic E-state index is -1.11. The quantitative estimate of drug-likeness (QED) is 0.757. The molecule has 1 fully saturated rings. The summed E-state index contributed by atoms with van der Waals surface area (Å²) in [6.45, 7) is 1.73. The Balaban J connectivity index is 2.09. The van der Waals surface area contributed by atoms with Crippen LogP contribution in [-0.4, -0.2) is 28.4 Å². The molecule has 0 spiro atoms. The molecule has 20 heavy (non-hydrogen) atoms. The van der Waals surface area contributed by atoms with E-state index in [1.165, 1.54) is 6.07 Å². The summed E-state index contributed by atoms with van der Waals surface area (Å²) in [7, 11) is 0. The fourth-order valence-corrected chi connectivity index (χ4v) is 1.79. The number of carbonyl (C=O) groups is 3. The van der Waals surface area contributed by atoms with E-state index in [9.17, 15) is 14.4 Å². The van der Waals surface area contributed by atoms with Crippen molar-refractivity contribution in [1.29, 1.82) is 0 Å². The number of rotatable bonds is 5. The summed E-state index contributed by atoms with van der Waals surface area (Å²) < 4.78 is 0. The fourth-order valence-electron chi connectivity index (χ4n) is 1.79. The lowest BCUT2D eigenvalue weighted by atomic mass is 10.1. The van der Waals surface area contributed by atoms with E-state index in [0.29, 0.717) is 30.5 Å². The van der Waals surface area contributed by atoms with Crippen LogP contribution in [0.3, 0.4) is 0 Å². The highest BCUT2D eigenvalue weighted by Gasteiger charge is 2.51. The Kier molecular flexibility index (Phi) is 3.74. The normalized spacial score (nSPS) is 15.2. The van der Waals surface area contributed by atoms with Gasteiger partial charge < -0.3 is 15.7 Å². The molecule has 0 heterocycles. The lowest BCUT2D eigenvalue weighted by Gasteiger charge is -2.13. The summed E-state index contributed by atoms with van der Waals surface area (Å²) in [4.78, 5) is 34.4. The van der Waals surface area contributed by atoms with E-state index in [1.807, 2.05) is 0 Å². The van der Waals surface area contributed by atoms with Crippen molar-refractivity contribution in [3.05, 3.63) is 29.8 Å². The molecule has 0 unspecified atom stereocenters. The molecule has 3 N–H and O–H groups in total. The molecule has 1 saturated carbocycles. The second kappa shape index (κ2) is 5.32. The van der Waals surface area contributed by atoms with Crippen LogP contribution in [0.25, 0.3) is 0 Å². The number of carboxylic acids is 1. The minimum Gasteiger partial charge on any atom is -0.480 e. The summed E-state index contributed by atoms with van der Waals surface area (Å²) >= 11 is 0. The molecule has 0 aromatic heterocycles. The van der Waals surface area contributed by atoms with Crippen LogP contribution in [0.1, 0.15) is 36.5 Å². The number of anilines is 1. The third kappa shape index (κ3) is 2.96. The molecular formula is C14H16N2O4. The molecule has 0 saturated heterocycles. The van der Waals surface area contributed by atoms with Gasteiger partial charge in [0.1, 0.15) is 5.54 Å². The van der Waals surface area contributed by atoms with Gasteiger partial charge in [0.05, 0.1) is 0 Å². The average molecular weight is 276 g/mol. The van der Waals surface area contributed by atoms with Crippen molar-refractivity contribution in [3.63, 3.8) is 0 Å². The first-order valence-corrected chi connectivity index (χ1v) is 6.43. The molecule has 0 aliphatic heterocycles. The highest BCUT2D eigenvalue weighted by atomic mass is 16.4. The molecule has 0 atom stereocenters. The van der Waals surface area contributed by atoms with Crippen LogP contribution in [0.15, 0.2) is 24.3 Å². The highest BCUT2D eigenvalue weighted by Crippen LogP contribution is 2.35. The van der Waals surface area contributed by atoms with Crippen LogP contribution < -0.4 is 10.6 Å². The maximum absolute atomic E-state index is 12.0. The molecule has 1 aliphatic rings. The van der Waals surface area contributed by atoms with E-state index in [0.717, 1.165) is 0 Å². The van der Waals surface area contributed by atoms with Gasteiger partial charge in [0.15, 0.2) is 0 Å². The van der Waals surface area contributed by atoms with E-state index in [-0.39, 0.29) is 5.91 Å². The smallest absolute Gasteiger partial charge is 0.329 e. The lowest BCUT2D eigenvalue weighted by Crippen LogP contribution is -2.43. The predicted octanol–water partition coefficient (Wildman–Crippen LogP) is 1.38. The first kappa shape index (κ1) is 14.0. The Morgan fingerprint density at radius 2 is 2.00 bits per heavy atom. The Bertz CT molecular complexity index is 564. The van der Waals surface area contributed by atoms with Gasteiger partial charge in [0.25, 0.3) is 5.91 Å². The van der Waals surface area contributed by atoms with Gasteiger partial charge in [-0.1, -0.05) is 13.0 Å². The predicted molar refractivity (Wildman–Crippen MR) is 72.4 cm³/mol. The SMILES string of the molecule is CCC(=O)Nc1cccc(C(=O)NC2(C(=O)O)CC2)c1. The minimum absolute atomic E-state index is 0.147. The number of aliphatic carboxylic acids is 1. The number of nitrogens with one attached hydrogen (secondary N) is 2. The topological polar surface area (TPSA) is 95.5 Å². The molecule has 2 rings (SSSR count). The zero-order valence-electron chi connectivity index (χ0n) is 11.1. The number of carbonyl (C=O) groups excluding carboxylic acids is 2. The standard InChI is InChI=1S/C14H16N2O4/c1-2-11(17)15-10-5-3-4-9(8-10)12(18)16-14(6-7-14)13(19)20/h3-5,8H,2,6-7H2,1H3,(H,15,17)(H,16,18)(H,19,20). The fraction of sp³-hybridized carbons (Fsp3) is 0.357. The molecule has 106 valence electrons. The van der Waals surface area contributed by atoms with E-state index in [2.05, 4.69) is 10.6 Å². The Hall–Kier alpha value is -2.37. The number of amides is 2. The van der Waals surface area contributed by atoms with Gasteiger partial charge >= 0.3 is 5.97 Å². The Labute approximate surface area is 116 Å². The second-order valence-corrected chi connectivity index (χ2v) is 4.82. The summed E-state index contributed by atoms with van der Waals surface area (Å²) in [6.07, 6.45) is 1.24. The maximum atomic E-state index is 12.0. The van der Waals surface area contributed by atoms with E-state index in [4.69, 9.17) is 5.11 Å². The Morgan fingerprint density at radius 1 is 1.30 bits per heavy atom. The van der Waals surface area contributed by atoms with E-state index < -0.39 is 17.4 Å². The summed E-state index contributed by atoms with van der Waals surface area (Å²) in [6, 6.07) is 6.42. The first-order valence-electron chi connectivity index (χ1n) is 6.43. The van der Waals surface area contributed by atoms with Gasteiger partial charge in [-0.2, -0.15) is 0 Å². The van der Waals surface area contributed by atoms with Crippen molar-refractivity contribution in [2.75, 3.05) is 5.32 Å². The van der Waals surface area contributed by atoms with Crippen LogP contribution in [0.4, 0.5) is 5.69 Å². The number of hydrogen-bond acceptors (Lipinski definition) is 3. The van der Waals surface area contributed by atoms with E-state index >= 15 is 0 Å². The van der Waals surface area contributed by atoms with Crippen molar-refractivity contribution in [3.8, 4) is 0 Å². The molecule has 0 radical (unpaired) electrons. The van der Waals surface area contributed by atoms with Crippen LogP contribution in [-0.2, 0) is 9.59 Å². The zero-order chi connectivity index (χ0) is 14.8. The number of hydrogen-bond donors (Lipinski definition) is 3. The van der Waals surface area contributed by atoms with E-state index in [1.54, 1.807) is 25.1 Å². The number of benzene rings is 1. The lowest BCUT2D eigenvalue weighted by molar-refractivity contribution is -0.140. The molecule has 1 aromatic carbocycles. The molecule has 2 amide bonds. The van der Waals surface area contributed by atoms with Crippen LogP contribution in [0.5, 0.6) is 0 Å². The third-order valence-corrected chi connectivity index (χ3v) is 3.24. The van der Waals surface area contributed by atoms with Crippen LogP contribution in [0.2, 0.25) is 0 Å². The van der Waals surface area contributed by atoms with Gasteiger partial charge in [-0.05, 0) is 31.0 Å². The summed E-state index contributed by atoms with van der Waals surface area (Å²) in [5.74, 6) is -1.61. The van der Waals surface area contributed by atoms with Crippen LogP contribution >= 0.6 is 0 Å². The van der Waals surface area contributed by atoms with Gasteiger partial charge in [0.2, 0.25) is 5.91 Å². The largest absolute Gasteiger partial charge is 0.480 e. The highest BCUT2D eigenvalue weighted by molar-refractivity contribution is 6.00. The van der Waals surface area contributed by atoms with Crippen molar-refractivity contribution < 1.29 is 19.5 Å². The van der Waals surface area contributed by atoms with Crippen molar-refractivity contribution in [2.45, 2.75) is 31.7 Å². The molecule has 1 aliphatic carbocycles. The molecule has 6 heteroatoms.